The first-order chi connectivity index (χ1) is 8.56. The van der Waals surface area contributed by atoms with E-state index >= 15 is 0 Å². The number of hydrogen-bond acceptors (Lipinski definition) is 3. The van der Waals surface area contributed by atoms with Crippen LogP contribution in [-0.2, 0) is 11.2 Å². The van der Waals surface area contributed by atoms with E-state index in [4.69, 9.17) is 15.2 Å². The summed E-state index contributed by atoms with van der Waals surface area (Å²) in [5.41, 5.74) is 7.18. The Balaban J connectivity index is 2.73. The minimum absolute atomic E-state index is 0.0453. The molecule has 0 amide bonds. The van der Waals surface area contributed by atoms with E-state index in [9.17, 15) is 0 Å². The second-order valence-corrected chi connectivity index (χ2v) is 5.36. The molecule has 18 heavy (non-hydrogen) atoms. The predicted octanol–water partition coefficient (Wildman–Crippen LogP) is 3.14. The van der Waals surface area contributed by atoms with E-state index in [0.29, 0.717) is 6.61 Å². The lowest BCUT2D eigenvalue weighted by Gasteiger charge is -2.16. The van der Waals surface area contributed by atoms with Gasteiger partial charge in [0.05, 0.1) is 6.61 Å². The molecule has 0 aromatic heterocycles. The second-order valence-electron chi connectivity index (χ2n) is 4.51. The Morgan fingerprint density at radius 3 is 2.72 bits per heavy atom. The summed E-state index contributed by atoms with van der Waals surface area (Å²) in [6.45, 7) is 4.67. The Kier molecular flexibility index (Phi) is 6.68. The van der Waals surface area contributed by atoms with Gasteiger partial charge in [-0.3, -0.25) is 0 Å². The molecule has 0 saturated carbocycles. The SMILES string of the molecule is CCC(N)Cc1cc(OC(C)COC)ccc1Br. The van der Waals surface area contributed by atoms with E-state index in [1.165, 1.54) is 5.56 Å². The number of hydrogen-bond donors (Lipinski definition) is 1. The van der Waals surface area contributed by atoms with Crippen LogP contribution in [0.4, 0.5) is 0 Å². The molecule has 0 bridgehead atoms. The zero-order valence-electron chi connectivity index (χ0n) is 11.3. The molecule has 1 aromatic rings. The van der Waals surface area contributed by atoms with Crippen molar-refractivity contribution in [3.63, 3.8) is 0 Å². The van der Waals surface area contributed by atoms with Crippen molar-refractivity contribution in [2.45, 2.75) is 38.8 Å². The van der Waals surface area contributed by atoms with E-state index in [1.807, 2.05) is 25.1 Å². The Hall–Kier alpha value is -0.580. The maximum absolute atomic E-state index is 5.99. The summed E-state index contributed by atoms with van der Waals surface area (Å²) in [5, 5.41) is 0. The Morgan fingerprint density at radius 2 is 2.11 bits per heavy atom. The highest BCUT2D eigenvalue weighted by Gasteiger charge is 2.09. The highest BCUT2D eigenvalue weighted by Crippen LogP contribution is 2.24. The molecule has 0 aliphatic heterocycles. The van der Waals surface area contributed by atoms with Crippen molar-refractivity contribution >= 4 is 15.9 Å². The third-order valence-corrected chi connectivity index (χ3v) is 3.54. The third-order valence-electron chi connectivity index (χ3n) is 2.76. The van der Waals surface area contributed by atoms with Crippen LogP contribution >= 0.6 is 15.9 Å². The molecule has 2 unspecified atom stereocenters. The van der Waals surface area contributed by atoms with Crippen molar-refractivity contribution in [1.29, 1.82) is 0 Å². The van der Waals surface area contributed by atoms with Gasteiger partial charge in [0.2, 0.25) is 0 Å². The van der Waals surface area contributed by atoms with Crippen molar-refractivity contribution in [3.05, 3.63) is 28.2 Å². The number of methoxy groups -OCH3 is 1. The first kappa shape index (κ1) is 15.5. The molecule has 1 aromatic carbocycles. The highest BCUT2D eigenvalue weighted by molar-refractivity contribution is 9.10. The van der Waals surface area contributed by atoms with E-state index in [2.05, 4.69) is 22.9 Å². The minimum Gasteiger partial charge on any atom is -0.488 e. The van der Waals surface area contributed by atoms with Gasteiger partial charge in [0.1, 0.15) is 11.9 Å². The number of benzene rings is 1. The number of rotatable bonds is 7. The zero-order valence-corrected chi connectivity index (χ0v) is 12.9. The highest BCUT2D eigenvalue weighted by atomic mass is 79.9. The van der Waals surface area contributed by atoms with Crippen LogP contribution in [0.2, 0.25) is 0 Å². The van der Waals surface area contributed by atoms with Gasteiger partial charge in [-0.2, -0.15) is 0 Å². The van der Waals surface area contributed by atoms with Crippen LogP contribution in [0.15, 0.2) is 22.7 Å². The van der Waals surface area contributed by atoms with Gasteiger partial charge in [-0.1, -0.05) is 22.9 Å². The van der Waals surface area contributed by atoms with Crippen molar-refractivity contribution < 1.29 is 9.47 Å². The van der Waals surface area contributed by atoms with Gasteiger partial charge in [0, 0.05) is 17.6 Å². The van der Waals surface area contributed by atoms with E-state index in [-0.39, 0.29) is 12.1 Å². The molecular weight excluding hydrogens is 294 g/mol. The summed E-state index contributed by atoms with van der Waals surface area (Å²) >= 11 is 3.55. The molecule has 4 heteroatoms. The van der Waals surface area contributed by atoms with Crippen molar-refractivity contribution in [3.8, 4) is 5.75 Å². The van der Waals surface area contributed by atoms with Gasteiger partial charge in [0.25, 0.3) is 0 Å². The molecule has 0 aliphatic rings. The first-order valence-corrected chi connectivity index (χ1v) is 7.05. The monoisotopic (exact) mass is 315 g/mol. The fourth-order valence-electron chi connectivity index (χ4n) is 1.71. The first-order valence-electron chi connectivity index (χ1n) is 6.26. The van der Waals surface area contributed by atoms with Gasteiger partial charge in [0.15, 0.2) is 0 Å². The molecule has 0 fully saturated rings. The number of halogens is 1. The lowest BCUT2D eigenvalue weighted by molar-refractivity contribution is 0.0920. The quantitative estimate of drug-likeness (QED) is 0.840. The standard InChI is InChI=1S/C14H22BrNO2/c1-4-12(16)7-11-8-13(5-6-14(11)15)18-10(2)9-17-3/h5-6,8,10,12H,4,7,9,16H2,1-3H3. The molecule has 1 rings (SSSR count). The molecular formula is C14H22BrNO2. The van der Waals surface area contributed by atoms with Crippen molar-refractivity contribution in [2.24, 2.45) is 5.73 Å². The minimum atomic E-state index is 0.0453. The maximum Gasteiger partial charge on any atom is 0.120 e. The fraction of sp³-hybridized carbons (Fsp3) is 0.571. The lowest BCUT2D eigenvalue weighted by atomic mass is 10.0. The average Bonchev–Trinajstić information content (AvgIpc) is 2.33. The molecule has 2 atom stereocenters. The van der Waals surface area contributed by atoms with E-state index in [0.717, 1.165) is 23.1 Å². The Morgan fingerprint density at radius 1 is 1.39 bits per heavy atom. The van der Waals surface area contributed by atoms with Crippen LogP contribution in [0.1, 0.15) is 25.8 Å². The average molecular weight is 316 g/mol. The van der Waals surface area contributed by atoms with Crippen LogP contribution in [0.3, 0.4) is 0 Å². The summed E-state index contributed by atoms with van der Waals surface area (Å²) in [4.78, 5) is 0. The van der Waals surface area contributed by atoms with Crippen LogP contribution in [0.25, 0.3) is 0 Å². The summed E-state index contributed by atoms with van der Waals surface area (Å²) in [7, 11) is 1.67. The maximum atomic E-state index is 5.99. The van der Waals surface area contributed by atoms with Gasteiger partial charge < -0.3 is 15.2 Å². The predicted molar refractivity (Wildman–Crippen MR) is 78.1 cm³/mol. The molecule has 0 radical (unpaired) electrons. The number of ether oxygens (including phenoxy) is 2. The molecule has 0 saturated heterocycles. The zero-order chi connectivity index (χ0) is 13.5. The molecule has 102 valence electrons. The smallest absolute Gasteiger partial charge is 0.120 e. The van der Waals surface area contributed by atoms with Crippen LogP contribution in [0.5, 0.6) is 5.75 Å². The van der Waals surface area contributed by atoms with Gasteiger partial charge >= 0.3 is 0 Å². The summed E-state index contributed by atoms with van der Waals surface area (Å²) in [5.74, 6) is 0.862. The topological polar surface area (TPSA) is 44.5 Å². The molecule has 0 spiro atoms. The van der Waals surface area contributed by atoms with E-state index < -0.39 is 0 Å². The molecule has 0 aliphatic carbocycles. The van der Waals surface area contributed by atoms with Crippen molar-refractivity contribution in [2.75, 3.05) is 13.7 Å². The number of nitrogens with two attached hydrogens (primary N) is 1. The Labute approximate surface area is 118 Å². The third kappa shape index (κ3) is 4.96. The second kappa shape index (κ2) is 7.77. The molecule has 0 heterocycles. The molecule has 3 nitrogen and oxygen atoms in total. The van der Waals surface area contributed by atoms with Gasteiger partial charge in [-0.15, -0.1) is 0 Å². The van der Waals surface area contributed by atoms with Crippen LogP contribution in [-0.4, -0.2) is 25.9 Å². The van der Waals surface area contributed by atoms with E-state index in [1.54, 1.807) is 7.11 Å². The summed E-state index contributed by atoms with van der Waals surface area (Å²) in [6, 6.07) is 6.20. The van der Waals surface area contributed by atoms with Crippen molar-refractivity contribution in [1.82, 2.24) is 0 Å². The molecule has 2 N–H and O–H groups in total. The fourth-order valence-corrected chi connectivity index (χ4v) is 2.12. The normalized spacial score (nSPS) is 14.3. The van der Waals surface area contributed by atoms with Gasteiger partial charge in [-0.05, 0) is 43.5 Å². The largest absolute Gasteiger partial charge is 0.488 e. The summed E-state index contributed by atoms with van der Waals surface area (Å²) in [6.07, 6.45) is 1.87. The lowest BCUT2D eigenvalue weighted by Crippen LogP contribution is -2.22. The van der Waals surface area contributed by atoms with Gasteiger partial charge in [-0.25, -0.2) is 0 Å². The summed E-state index contributed by atoms with van der Waals surface area (Å²) < 4.78 is 11.9. The Bertz CT molecular complexity index is 371. The van der Waals surface area contributed by atoms with Crippen LogP contribution < -0.4 is 10.5 Å². The van der Waals surface area contributed by atoms with Crippen LogP contribution in [0, 0.1) is 0 Å².